The monoisotopic (exact) mass is 203 g/mol. The molecule has 0 saturated carbocycles. The average molecular weight is 204 g/mol. The van der Waals surface area contributed by atoms with Crippen LogP contribution in [-0.4, -0.2) is 12.2 Å². The maximum absolute atomic E-state index is 8.74. The van der Waals surface area contributed by atoms with E-state index >= 15 is 0 Å². The van der Waals surface area contributed by atoms with Crippen molar-refractivity contribution >= 4 is 15.9 Å². The quantitative estimate of drug-likeness (QED) is 0.675. The predicted octanol–water partition coefficient (Wildman–Crippen LogP) is 1.73. The Bertz CT molecular complexity index is 152. The van der Waals surface area contributed by atoms with Gasteiger partial charge in [-0.3, -0.25) is 0 Å². The molecule has 0 heterocycles. The van der Waals surface area contributed by atoms with Crippen LogP contribution in [0.4, 0.5) is 0 Å². The third kappa shape index (κ3) is 3.48. The van der Waals surface area contributed by atoms with Crippen LogP contribution < -0.4 is 5.73 Å². The van der Waals surface area contributed by atoms with Gasteiger partial charge in [0.15, 0.2) is 0 Å². The molecule has 0 bridgehead atoms. The molecule has 1 aromatic carbocycles. The SMILES string of the molecule is CN.Oc1ccc(Br)cc1. The van der Waals surface area contributed by atoms with Crippen LogP contribution in [0, 0.1) is 0 Å². The number of nitrogens with two attached hydrogens (primary N) is 1. The van der Waals surface area contributed by atoms with Crippen molar-refractivity contribution < 1.29 is 5.11 Å². The van der Waals surface area contributed by atoms with Crippen molar-refractivity contribution in [2.75, 3.05) is 7.05 Å². The molecule has 10 heavy (non-hydrogen) atoms. The highest BCUT2D eigenvalue weighted by Gasteiger charge is 1.83. The summed E-state index contributed by atoms with van der Waals surface area (Å²) in [6.45, 7) is 0. The highest BCUT2D eigenvalue weighted by Crippen LogP contribution is 2.13. The number of halogens is 1. The fourth-order valence-corrected chi connectivity index (χ4v) is 0.705. The van der Waals surface area contributed by atoms with Crippen molar-refractivity contribution in [3.63, 3.8) is 0 Å². The zero-order valence-corrected chi connectivity index (χ0v) is 7.30. The van der Waals surface area contributed by atoms with Gasteiger partial charge in [0.05, 0.1) is 0 Å². The van der Waals surface area contributed by atoms with Gasteiger partial charge in [0.2, 0.25) is 0 Å². The standard InChI is InChI=1S/C6H5BrO.CH5N/c7-5-1-3-6(8)4-2-5;1-2/h1-4,8H;2H2,1H3. The van der Waals surface area contributed by atoms with Crippen molar-refractivity contribution in [3.05, 3.63) is 28.7 Å². The van der Waals surface area contributed by atoms with Crippen LogP contribution in [0.1, 0.15) is 0 Å². The van der Waals surface area contributed by atoms with Gasteiger partial charge < -0.3 is 10.8 Å². The van der Waals surface area contributed by atoms with Crippen molar-refractivity contribution in [2.45, 2.75) is 0 Å². The summed E-state index contributed by atoms with van der Waals surface area (Å²) < 4.78 is 0.982. The first-order valence-corrected chi connectivity index (χ1v) is 3.60. The zero-order valence-electron chi connectivity index (χ0n) is 5.71. The number of hydrogen-bond donors (Lipinski definition) is 2. The van der Waals surface area contributed by atoms with Gasteiger partial charge in [-0.05, 0) is 31.3 Å². The van der Waals surface area contributed by atoms with E-state index < -0.39 is 0 Å². The van der Waals surface area contributed by atoms with E-state index in [0.29, 0.717) is 5.75 Å². The molecule has 56 valence electrons. The molecule has 0 aliphatic carbocycles. The number of phenolic OH excluding ortho intramolecular Hbond substituents is 1. The average Bonchev–Trinajstić information content (AvgIpc) is 2.00. The molecule has 0 atom stereocenters. The van der Waals surface area contributed by atoms with E-state index in [0.717, 1.165) is 4.47 Å². The van der Waals surface area contributed by atoms with Crippen LogP contribution in [-0.2, 0) is 0 Å². The number of hydrogen-bond acceptors (Lipinski definition) is 2. The van der Waals surface area contributed by atoms with E-state index in [4.69, 9.17) is 5.11 Å². The van der Waals surface area contributed by atoms with Gasteiger partial charge in [0.1, 0.15) is 5.75 Å². The van der Waals surface area contributed by atoms with Crippen molar-refractivity contribution in [3.8, 4) is 5.75 Å². The van der Waals surface area contributed by atoms with E-state index in [1.807, 2.05) is 0 Å². The highest BCUT2D eigenvalue weighted by molar-refractivity contribution is 9.10. The second kappa shape index (κ2) is 5.26. The molecule has 2 nitrogen and oxygen atoms in total. The van der Waals surface area contributed by atoms with Crippen LogP contribution in [0.2, 0.25) is 0 Å². The summed E-state index contributed by atoms with van der Waals surface area (Å²) in [6.07, 6.45) is 0. The molecular weight excluding hydrogens is 194 g/mol. The number of rotatable bonds is 0. The minimum Gasteiger partial charge on any atom is -0.508 e. The number of aromatic hydroxyl groups is 1. The molecule has 3 N–H and O–H groups in total. The van der Waals surface area contributed by atoms with Crippen LogP contribution >= 0.6 is 15.9 Å². The maximum Gasteiger partial charge on any atom is 0.115 e. The third-order valence-corrected chi connectivity index (χ3v) is 1.36. The molecule has 0 spiro atoms. The Morgan fingerprint density at radius 2 is 1.60 bits per heavy atom. The molecule has 0 aliphatic rings. The molecule has 1 aromatic rings. The summed E-state index contributed by atoms with van der Waals surface area (Å²) in [6, 6.07) is 6.83. The number of phenols is 1. The molecular formula is C7H10BrNO. The fraction of sp³-hybridized carbons (Fsp3) is 0.143. The van der Waals surface area contributed by atoms with E-state index in [1.165, 1.54) is 7.05 Å². The summed E-state index contributed by atoms with van der Waals surface area (Å²) in [7, 11) is 1.50. The molecule has 1 rings (SSSR count). The summed E-state index contributed by atoms with van der Waals surface area (Å²) >= 11 is 3.23. The Morgan fingerprint density at radius 1 is 1.20 bits per heavy atom. The Hall–Kier alpha value is -0.540. The van der Waals surface area contributed by atoms with Crippen LogP contribution in [0.3, 0.4) is 0 Å². The smallest absolute Gasteiger partial charge is 0.115 e. The van der Waals surface area contributed by atoms with Crippen molar-refractivity contribution in [2.24, 2.45) is 5.73 Å². The maximum atomic E-state index is 8.74. The van der Waals surface area contributed by atoms with Gasteiger partial charge in [0.25, 0.3) is 0 Å². The van der Waals surface area contributed by atoms with Gasteiger partial charge in [0, 0.05) is 4.47 Å². The minimum atomic E-state index is 0.299. The summed E-state index contributed by atoms with van der Waals surface area (Å²) in [5, 5.41) is 8.74. The molecule has 0 aromatic heterocycles. The van der Waals surface area contributed by atoms with Gasteiger partial charge in [-0.2, -0.15) is 0 Å². The first-order valence-electron chi connectivity index (χ1n) is 2.81. The molecule has 0 unspecified atom stereocenters. The zero-order chi connectivity index (χ0) is 7.98. The van der Waals surface area contributed by atoms with E-state index in [-0.39, 0.29) is 0 Å². The lowest BCUT2D eigenvalue weighted by Crippen LogP contribution is -1.69. The minimum absolute atomic E-state index is 0.299. The van der Waals surface area contributed by atoms with Crippen molar-refractivity contribution in [1.29, 1.82) is 0 Å². The van der Waals surface area contributed by atoms with Gasteiger partial charge in [-0.25, -0.2) is 0 Å². The van der Waals surface area contributed by atoms with Crippen LogP contribution in [0.25, 0.3) is 0 Å². The second-order valence-electron chi connectivity index (χ2n) is 1.48. The third-order valence-electron chi connectivity index (χ3n) is 0.827. The second-order valence-corrected chi connectivity index (χ2v) is 2.39. The highest BCUT2D eigenvalue weighted by atomic mass is 79.9. The Kier molecular flexibility index (Phi) is 4.98. The Balaban J connectivity index is 0.000000371. The normalized spacial score (nSPS) is 7.90. The largest absolute Gasteiger partial charge is 0.508 e. The van der Waals surface area contributed by atoms with Crippen molar-refractivity contribution in [1.82, 2.24) is 0 Å². The van der Waals surface area contributed by atoms with Gasteiger partial charge in [-0.15, -0.1) is 0 Å². The molecule has 0 fully saturated rings. The van der Waals surface area contributed by atoms with E-state index in [1.54, 1.807) is 24.3 Å². The fourth-order valence-electron chi connectivity index (χ4n) is 0.441. The van der Waals surface area contributed by atoms with E-state index in [2.05, 4.69) is 21.7 Å². The Labute approximate surface area is 68.8 Å². The van der Waals surface area contributed by atoms with Crippen LogP contribution in [0.15, 0.2) is 28.7 Å². The molecule has 0 aliphatic heterocycles. The summed E-state index contributed by atoms with van der Waals surface area (Å²) in [5.74, 6) is 0.299. The first kappa shape index (κ1) is 9.46. The predicted molar refractivity (Wildman–Crippen MR) is 45.9 cm³/mol. The molecule has 0 saturated heterocycles. The Morgan fingerprint density at radius 3 is 1.90 bits per heavy atom. The first-order chi connectivity index (χ1) is 4.79. The van der Waals surface area contributed by atoms with E-state index in [9.17, 15) is 0 Å². The lowest BCUT2D eigenvalue weighted by atomic mass is 10.3. The molecule has 0 amide bonds. The summed E-state index contributed by atoms with van der Waals surface area (Å²) in [4.78, 5) is 0. The van der Waals surface area contributed by atoms with Gasteiger partial charge >= 0.3 is 0 Å². The van der Waals surface area contributed by atoms with Gasteiger partial charge in [-0.1, -0.05) is 15.9 Å². The number of benzene rings is 1. The molecule has 3 heteroatoms. The molecule has 0 radical (unpaired) electrons. The van der Waals surface area contributed by atoms with Crippen LogP contribution in [0.5, 0.6) is 5.75 Å². The lowest BCUT2D eigenvalue weighted by Gasteiger charge is -1.87. The topological polar surface area (TPSA) is 46.2 Å². The lowest BCUT2D eigenvalue weighted by molar-refractivity contribution is 0.475. The summed E-state index contributed by atoms with van der Waals surface area (Å²) in [5.41, 5.74) is 4.50.